The fourth-order valence-electron chi connectivity index (χ4n) is 3.12. The minimum atomic E-state index is -0.641. The summed E-state index contributed by atoms with van der Waals surface area (Å²) in [5.41, 5.74) is 0. The SMILES string of the molecule is CCCCCCCCCCCCCCCCCCC(C)(S)C(=O)Cl. The van der Waals surface area contributed by atoms with Gasteiger partial charge in [0.2, 0.25) is 5.24 Å². The molecular formula is C21H41ClOS. The largest absolute Gasteiger partial charge is 0.280 e. The van der Waals surface area contributed by atoms with Crippen LogP contribution in [0, 0.1) is 0 Å². The molecule has 0 aromatic carbocycles. The van der Waals surface area contributed by atoms with E-state index in [4.69, 9.17) is 11.6 Å². The van der Waals surface area contributed by atoms with Crippen molar-refractivity contribution in [3.05, 3.63) is 0 Å². The molecule has 0 aliphatic rings. The molecule has 0 aliphatic carbocycles. The maximum absolute atomic E-state index is 11.1. The highest BCUT2D eigenvalue weighted by Crippen LogP contribution is 2.25. The van der Waals surface area contributed by atoms with Crippen LogP contribution in [0.2, 0.25) is 0 Å². The number of hydrogen-bond acceptors (Lipinski definition) is 2. The van der Waals surface area contributed by atoms with Crippen molar-refractivity contribution in [2.24, 2.45) is 0 Å². The van der Waals surface area contributed by atoms with Crippen LogP contribution < -0.4 is 0 Å². The lowest BCUT2D eigenvalue weighted by atomic mass is 10.0. The normalized spacial score (nSPS) is 13.8. The van der Waals surface area contributed by atoms with Gasteiger partial charge in [-0.25, -0.2) is 0 Å². The first-order valence-corrected chi connectivity index (χ1v) is 11.3. The van der Waals surface area contributed by atoms with E-state index in [1.54, 1.807) is 0 Å². The molecule has 0 aliphatic heterocycles. The van der Waals surface area contributed by atoms with Crippen LogP contribution >= 0.6 is 24.2 Å². The van der Waals surface area contributed by atoms with Crippen LogP contribution in [-0.4, -0.2) is 9.99 Å². The summed E-state index contributed by atoms with van der Waals surface area (Å²) in [5, 5.41) is -0.327. The molecule has 3 heteroatoms. The molecule has 0 radical (unpaired) electrons. The zero-order valence-corrected chi connectivity index (χ0v) is 17.9. The summed E-state index contributed by atoms with van der Waals surface area (Å²) in [6.07, 6.45) is 22.6. The lowest BCUT2D eigenvalue weighted by Gasteiger charge is -2.17. The number of unbranched alkanes of at least 4 members (excludes halogenated alkanes) is 15. The highest BCUT2D eigenvalue weighted by Gasteiger charge is 2.25. The average Bonchev–Trinajstić information content (AvgIpc) is 2.54. The molecule has 0 saturated carbocycles. The highest BCUT2D eigenvalue weighted by molar-refractivity contribution is 7.83. The molecule has 144 valence electrons. The second kappa shape index (κ2) is 16.8. The zero-order valence-electron chi connectivity index (χ0n) is 16.3. The Bertz CT molecular complexity index is 292. The molecule has 0 spiro atoms. The summed E-state index contributed by atoms with van der Waals surface area (Å²) >= 11 is 9.85. The van der Waals surface area contributed by atoms with Crippen molar-refractivity contribution in [2.75, 3.05) is 0 Å². The Balaban J connectivity index is 3.14. The van der Waals surface area contributed by atoms with E-state index < -0.39 is 4.75 Å². The molecule has 0 N–H and O–H groups in total. The van der Waals surface area contributed by atoms with Gasteiger partial charge in [0, 0.05) is 0 Å². The minimum Gasteiger partial charge on any atom is -0.280 e. The van der Waals surface area contributed by atoms with Crippen LogP contribution in [0.25, 0.3) is 0 Å². The Morgan fingerprint density at radius 2 is 1.00 bits per heavy atom. The van der Waals surface area contributed by atoms with E-state index in [1.807, 2.05) is 6.92 Å². The molecule has 0 aromatic heterocycles. The molecule has 1 unspecified atom stereocenters. The Labute approximate surface area is 162 Å². The number of rotatable bonds is 18. The molecular weight excluding hydrogens is 336 g/mol. The number of carbonyl (C=O) groups excluding carboxylic acids is 1. The molecule has 1 nitrogen and oxygen atoms in total. The van der Waals surface area contributed by atoms with Crippen molar-refractivity contribution >= 4 is 29.5 Å². The minimum absolute atomic E-state index is 0.327. The molecule has 24 heavy (non-hydrogen) atoms. The van der Waals surface area contributed by atoms with Gasteiger partial charge in [-0.2, -0.15) is 12.6 Å². The highest BCUT2D eigenvalue weighted by atomic mass is 35.5. The van der Waals surface area contributed by atoms with E-state index in [2.05, 4.69) is 19.6 Å². The molecule has 0 saturated heterocycles. The average molecular weight is 377 g/mol. The van der Waals surface area contributed by atoms with Gasteiger partial charge >= 0.3 is 0 Å². The Morgan fingerprint density at radius 3 is 1.29 bits per heavy atom. The third kappa shape index (κ3) is 15.8. The summed E-state index contributed by atoms with van der Waals surface area (Å²) in [7, 11) is 0. The zero-order chi connectivity index (χ0) is 18.1. The molecule has 0 heterocycles. The summed E-state index contributed by atoms with van der Waals surface area (Å²) in [4.78, 5) is 11.1. The quantitative estimate of drug-likeness (QED) is 0.145. The van der Waals surface area contributed by atoms with E-state index in [9.17, 15) is 4.79 Å². The number of thiol groups is 1. The third-order valence-corrected chi connectivity index (χ3v) is 5.92. The Kier molecular flexibility index (Phi) is 17.0. The first-order valence-electron chi connectivity index (χ1n) is 10.4. The molecule has 0 aromatic rings. The molecule has 0 amide bonds. The van der Waals surface area contributed by atoms with E-state index >= 15 is 0 Å². The molecule has 0 rings (SSSR count). The fourth-order valence-corrected chi connectivity index (χ4v) is 3.37. The van der Waals surface area contributed by atoms with Crippen molar-refractivity contribution in [1.82, 2.24) is 0 Å². The maximum atomic E-state index is 11.1. The van der Waals surface area contributed by atoms with Gasteiger partial charge in [-0.15, -0.1) is 0 Å². The van der Waals surface area contributed by atoms with Crippen LogP contribution in [0.3, 0.4) is 0 Å². The molecule has 0 bridgehead atoms. The number of halogens is 1. The van der Waals surface area contributed by atoms with Crippen molar-refractivity contribution in [3.8, 4) is 0 Å². The van der Waals surface area contributed by atoms with Crippen molar-refractivity contribution in [3.63, 3.8) is 0 Å². The van der Waals surface area contributed by atoms with Gasteiger partial charge in [-0.1, -0.05) is 110 Å². The fraction of sp³-hybridized carbons (Fsp3) is 0.952. The number of hydrogen-bond donors (Lipinski definition) is 1. The van der Waals surface area contributed by atoms with Gasteiger partial charge in [0.1, 0.15) is 0 Å². The van der Waals surface area contributed by atoms with Crippen LogP contribution in [0.4, 0.5) is 0 Å². The Hall–Kier alpha value is 0.310. The summed E-state index contributed by atoms with van der Waals surface area (Å²) < 4.78 is -0.641. The molecule has 1 atom stereocenters. The summed E-state index contributed by atoms with van der Waals surface area (Å²) in [6.45, 7) is 4.10. The Morgan fingerprint density at radius 1 is 0.708 bits per heavy atom. The first kappa shape index (κ1) is 24.3. The monoisotopic (exact) mass is 376 g/mol. The van der Waals surface area contributed by atoms with Crippen LogP contribution in [0.15, 0.2) is 0 Å². The third-order valence-electron chi connectivity index (χ3n) is 4.94. The van der Waals surface area contributed by atoms with Crippen molar-refractivity contribution < 1.29 is 4.79 Å². The van der Waals surface area contributed by atoms with E-state index in [0.29, 0.717) is 0 Å². The van der Waals surface area contributed by atoms with Crippen LogP contribution in [-0.2, 0) is 4.79 Å². The van der Waals surface area contributed by atoms with Crippen LogP contribution in [0.5, 0.6) is 0 Å². The van der Waals surface area contributed by atoms with E-state index in [1.165, 1.54) is 96.3 Å². The van der Waals surface area contributed by atoms with Gasteiger partial charge in [-0.05, 0) is 24.9 Å². The van der Waals surface area contributed by atoms with Gasteiger partial charge < -0.3 is 0 Å². The van der Waals surface area contributed by atoms with E-state index in [-0.39, 0.29) is 5.24 Å². The topological polar surface area (TPSA) is 17.1 Å². The number of carbonyl (C=O) groups is 1. The summed E-state index contributed by atoms with van der Waals surface area (Å²) in [6, 6.07) is 0. The molecule has 0 fully saturated rings. The van der Waals surface area contributed by atoms with Gasteiger partial charge in [0.25, 0.3) is 0 Å². The van der Waals surface area contributed by atoms with Gasteiger partial charge in [-0.3, -0.25) is 4.79 Å². The standard InChI is InChI=1S/C21H41ClOS/c1-3-4-5-6-7-8-9-10-11-12-13-14-15-16-17-18-19-21(2,24)20(22)23/h24H,3-19H2,1-2H3. The predicted octanol–water partition coefficient (Wildman–Crippen LogP) is 8.09. The first-order chi connectivity index (χ1) is 11.5. The van der Waals surface area contributed by atoms with Crippen molar-refractivity contribution in [1.29, 1.82) is 0 Å². The smallest absolute Gasteiger partial charge is 0.237 e. The van der Waals surface area contributed by atoms with Gasteiger partial charge in [0.15, 0.2) is 0 Å². The second-order valence-electron chi connectivity index (χ2n) is 7.60. The lowest BCUT2D eigenvalue weighted by molar-refractivity contribution is -0.113. The van der Waals surface area contributed by atoms with Crippen LogP contribution in [0.1, 0.15) is 123 Å². The van der Waals surface area contributed by atoms with E-state index in [0.717, 1.165) is 12.8 Å². The predicted molar refractivity (Wildman–Crippen MR) is 112 cm³/mol. The lowest BCUT2D eigenvalue weighted by Crippen LogP contribution is -2.24. The van der Waals surface area contributed by atoms with Crippen molar-refractivity contribution in [2.45, 2.75) is 128 Å². The summed E-state index contributed by atoms with van der Waals surface area (Å²) in [5.74, 6) is 0. The second-order valence-corrected chi connectivity index (χ2v) is 8.93. The maximum Gasteiger partial charge on any atom is 0.237 e. The van der Waals surface area contributed by atoms with Gasteiger partial charge in [0.05, 0.1) is 4.75 Å².